The molecule has 82 valence electrons. The van der Waals surface area contributed by atoms with Crippen LogP contribution in [0.1, 0.15) is 11.1 Å². The van der Waals surface area contributed by atoms with Crippen LogP contribution in [0.5, 0.6) is 0 Å². The topological polar surface area (TPSA) is 54.9 Å². The molecule has 0 unspecified atom stereocenters. The minimum absolute atomic E-state index is 0.0638. The number of benzene rings is 1. The minimum Gasteiger partial charge on any atom is -0.300 e. The number of amides is 1. The number of carbonyl (C=O) groups is 1. The second-order valence-corrected chi connectivity index (χ2v) is 4.23. The van der Waals surface area contributed by atoms with Crippen LogP contribution in [0.2, 0.25) is 0 Å². The summed E-state index contributed by atoms with van der Waals surface area (Å²) in [7, 11) is 0. The standard InChI is InChI=1S/C11H11N3OS/c1-8-4-2-3-5-9(8)6-10(15)13-11-14-12-7-16-11/h2-5,7H,6H2,1H3,(H,13,14,15). The second-order valence-electron chi connectivity index (χ2n) is 3.40. The molecule has 0 saturated carbocycles. The predicted octanol–water partition coefficient (Wildman–Crippen LogP) is 2.03. The van der Waals surface area contributed by atoms with Crippen molar-refractivity contribution in [3.8, 4) is 0 Å². The summed E-state index contributed by atoms with van der Waals surface area (Å²) in [5.74, 6) is -0.0638. The van der Waals surface area contributed by atoms with E-state index in [1.807, 2.05) is 31.2 Å². The summed E-state index contributed by atoms with van der Waals surface area (Å²) in [4.78, 5) is 11.7. The lowest BCUT2D eigenvalue weighted by atomic mass is 10.1. The fourth-order valence-corrected chi connectivity index (χ4v) is 1.83. The van der Waals surface area contributed by atoms with Crippen LogP contribution in [0.4, 0.5) is 5.13 Å². The normalized spacial score (nSPS) is 10.1. The van der Waals surface area contributed by atoms with Crippen molar-refractivity contribution >= 4 is 22.4 Å². The highest BCUT2D eigenvalue weighted by Gasteiger charge is 2.07. The van der Waals surface area contributed by atoms with Crippen molar-refractivity contribution < 1.29 is 4.79 Å². The Morgan fingerprint density at radius 1 is 1.44 bits per heavy atom. The molecule has 1 aromatic heterocycles. The molecule has 4 nitrogen and oxygen atoms in total. The molecule has 16 heavy (non-hydrogen) atoms. The van der Waals surface area contributed by atoms with E-state index in [2.05, 4.69) is 15.5 Å². The third kappa shape index (κ3) is 2.64. The van der Waals surface area contributed by atoms with Crippen LogP contribution in [-0.4, -0.2) is 16.1 Å². The van der Waals surface area contributed by atoms with Gasteiger partial charge in [0.15, 0.2) is 0 Å². The Labute approximate surface area is 97.3 Å². The van der Waals surface area contributed by atoms with Crippen molar-refractivity contribution in [2.24, 2.45) is 0 Å². The van der Waals surface area contributed by atoms with Gasteiger partial charge < -0.3 is 5.32 Å². The zero-order valence-corrected chi connectivity index (χ0v) is 9.62. The Morgan fingerprint density at radius 2 is 2.25 bits per heavy atom. The van der Waals surface area contributed by atoms with Crippen LogP contribution in [-0.2, 0) is 11.2 Å². The van der Waals surface area contributed by atoms with Crippen molar-refractivity contribution in [1.82, 2.24) is 10.2 Å². The van der Waals surface area contributed by atoms with E-state index in [4.69, 9.17) is 0 Å². The SMILES string of the molecule is Cc1ccccc1CC(=O)Nc1nncs1. The molecule has 1 aromatic carbocycles. The van der Waals surface area contributed by atoms with Crippen molar-refractivity contribution in [3.05, 3.63) is 40.9 Å². The van der Waals surface area contributed by atoms with E-state index in [0.717, 1.165) is 11.1 Å². The summed E-state index contributed by atoms with van der Waals surface area (Å²) in [6.07, 6.45) is 0.367. The van der Waals surface area contributed by atoms with Gasteiger partial charge in [0.1, 0.15) is 5.51 Å². The van der Waals surface area contributed by atoms with Gasteiger partial charge in [-0.3, -0.25) is 4.79 Å². The van der Waals surface area contributed by atoms with Gasteiger partial charge in [0.25, 0.3) is 0 Å². The largest absolute Gasteiger partial charge is 0.300 e. The molecule has 0 aliphatic heterocycles. The number of anilines is 1. The van der Waals surface area contributed by atoms with E-state index in [-0.39, 0.29) is 5.91 Å². The highest BCUT2D eigenvalue weighted by atomic mass is 32.1. The lowest BCUT2D eigenvalue weighted by molar-refractivity contribution is -0.115. The fraction of sp³-hybridized carbons (Fsp3) is 0.182. The summed E-state index contributed by atoms with van der Waals surface area (Å²) in [5.41, 5.74) is 3.74. The zero-order chi connectivity index (χ0) is 11.4. The Balaban J connectivity index is 2.00. The molecule has 5 heteroatoms. The lowest BCUT2D eigenvalue weighted by Crippen LogP contribution is -2.14. The summed E-state index contributed by atoms with van der Waals surface area (Å²) in [6, 6.07) is 7.84. The van der Waals surface area contributed by atoms with E-state index in [1.54, 1.807) is 5.51 Å². The molecule has 0 atom stereocenters. The van der Waals surface area contributed by atoms with Crippen LogP contribution in [0.3, 0.4) is 0 Å². The maximum Gasteiger partial charge on any atom is 0.230 e. The predicted molar refractivity (Wildman–Crippen MR) is 63.4 cm³/mol. The van der Waals surface area contributed by atoms with Crippen LogP contribution in [0.15, 0.2) is 29.8 Å². The molecule has 0 radical (unpaired) electrons. The Hall–Kier alpha value is -1.75. The molecule has 0 fully saturated rings. The number of carbonyl (C=O) groups excluding carboxylic acids is 1. The monoisotopic (exact) mass is 233 g/mol. The Bertz CT molecular complexity index is 482. The van der Waals surface area contributed by atoms with Gasteiger partial charge in [-0.2, -0.15) is 0 Å². The van der Waals surface area contributed by atoms with Gasteiger partial charge in [0, 0.05) is 0 Å². The van der Waals surface area contributed by atoms with Gasteiger partial charge in [0.2, 0.25) is 11.0 Å². The Kier molecular flexibility index (Phi) is 3.26. The minimum atomic E-state index is -0.0638. The first-order valence-corrected chi connectivity index (χ1v) is 5.74. The fourth-order valence-electron chi connectivity index (χ4n) is 1.37. The van der Waals surface area contributed by atoms with Crippen LogP contribution < -0.4 is 5.32 Å². The summed E-state index contributed by atoms with van der Waals surface area (Å²) >= 11 is 1.31. The average Bonchev–Trinajstić information content (AvgIpc) is 2.74. The molecule has 1 N–H and O–H groups in total. The quantitative estimate of drug-likeness (QED) is 0.882. The van der Waals surface area contributed by atoms with Crippen molar-refractivity contribution in [3.63, 3.8) is 0 Å². The first-order valence-electron chi connectivity index (χ1n) is 4.86. The molecule has 1 heterocycles. The van der Waals surface area contributed by atoms with E-state index >= 15 is 0 Å². The number of nitrogens with zero attached hydrogens (tertiary/aromatic N) is 2. The number of nitrogens with one attached hydrogen (secondary N) is 1. The molecular weight excluding hydrogens is 222 g/mol. The third-order valence-electron chi connectivity index (χ3n) is 2.22. The highest BCUT2D eigenvalue weighted by molar-refractivity contribution is 7.13. The summed E-state index contributed by atoms with van der Waals surface area (Å²) < 4.78 is 0. The van der Waals surface area contributed by atoms with Gasteiger partial charge in [-0.25, -0.2) is 0 Å². The van der Waals surface area contributed by atoms with Crippen molar-refractivity contribution in [2.45, 2.75) is 13.3 Å². The van der Waals surface area contributed by atoms with Gasteiger partial charge in [-0.05, 0) is 18.1 Å². The molecule has 2 rings (SSSR count). The van der Waals surface area contributed by atoms with E-state index < -0.39 is 0 Å². The van der Waals surface area contributed by atoms with E-state index in [0.29, 0.717) is 11.6 Å². The third-order valence-corrected chi connectivity index (χ3v) is 2.83. The van der Waals surface area contributed by atoms with E-state index in [1.165, 1.54) is 11.3 Å². The molecule has 0 saturated heterocycles. The van der Waals surface area contributed by atoms with Gasteiger partial charge >= 0.3 is 0 Å². The number of rotatable bonds is 3. The first kappa shape index (κ1) is 10.8. The molecule has 2 aromatic rings. The second kappa shape index (κ2) is 4.85. The lowest BCUT2D eigenvalue weighted by Gasteiger charge is -2.04. The average molecular weight is 233 g/mol. The van der Waals surface area contributed by atoms with Gasteiger partial charge in [-0.15, -0.1) is 10.2 Å². The molecule has 1 amide bonds. The van der Waals surface area contributed by atoms with Crippen molar-refractivity contribution in [1.29, 1.82) is 0 Å². The molecule has 0 aliphatic rings. The van der Waals surface area contributed by atoms with Gasteiger partial charge in [-0.1, -0.05) is 35.6 Å². The molecule has 0 aliphatic carbocycles. The number of aryl methyl sites for hydroxylation is 1. The zero-order valence-electron chi connectivity index (χ0n) is 8.80. The number of hydrogen-bond acceptors (Lipinski definition) is 4. The molecular formula is C11H11N3OS. The maximum atomic E-state index is 11.7. The molecule has 0 bridgehead atoms. The number of aromatic nitrogens is 2. The van der Waals surface area contributed by atoms with Crippen LogP contribution in [0.25, 0.3) is 0 Å². The summed E-state index contributed by atoms with van der Waals surface area (Å²) in [6.45, 7) is 1.99. The van der Waals surface area contributed by atoms with Gasteiger partial charge in [0.05, 0.1) is 6.42 Å². The van der Waals surface area contributed by atoms with Crippen molar-refractivity contribution in [2.75, 3.05) is 5.32 Å². The van der Waals surface area contributed by atoms with Crippen LogP contribution in [0, 0.1) is 6.92 Å². The van der Waals surface area contributed by atoms with E-state index in [9.17, 15) is 4.79 Å². The first-order chi connectivity index (χ1) is 7.75. The highest BCUT2D eigenvalue weighted by Crippen LogP contribution is 2.11. The number of hydrogen-bond donors (Lipinski definition) is 1. The molecule has 0 spiro atoms. The summed E-state index contributed by atoms with van der Waals surface area (Å²) in [5, 5.41) is 10.7. The maximum absolute atomic E-state index is 11.7. The Morgan fingerprint density at radius 3 is 2.94 bits per heavy atom. The van der Waals surface area contributed by atoms with Crippen LogP contribution >= 0.6 is 11.3 Å². The smallest absolute Gasteiger partial charge is 0.230 e.